The van der Waals surface area contributed by atoms with Crippen LogP contribution in [0, 0.1) is 11.8 Å². The maximum absolute atomic E-state index is 13.9. The van der Waals surface area contributed by atoms with Crippen LogP contribution in [0.3, 0.4) is 0 Å². The Bertz CT molecular complexity index is 1360. The summed E-state index contributed by atoms with van der Waals surface area (Å²) in [6, 6.07) is 1.86. The van der Waals surface area contributed by atoms with Crippen molar-refractivity contribution < 1.29 is 39.6 Å². The summed E-state index contributed by atoms with van der Waals surface area (Å²) in [6.45, 7) is 0.0803. The van der Waals surface area contributed by atoms with Crippen molar-refractivity contribution in [3.63, 3.8) is 0 Å². The zero-order valence-corrected chi connectivity index (χ0v) is 21.9. The quantitative estimate of drug-likeness (QED) is 0.221. The second-order valence-electron chi connectivity index (χ2n) is 11.2. The number of ketones is 3. The molecule has 0 saturated heterocycles. The van der Waals surface area contributed by atoms with Crippen LogP contribution < -0.4 is 11.1 Å². The number of fused-ring (bicyclic) bond motifs is 3. The zero-order chi connectivity index (χ0) is 28.4. The second kappa shape index (κ2) is 9.58. The molecular weight excluding hydrogens is 506 g/mol. The molecule has 4 aliphatic rings. The number of likely N-dealkylation sites (N-methyl/N-ethyl adjacent to an activating group) is 1. The Labute approximate surface area is 225 Å². The Kier molecular flexibility index (Phi) is 6.64. The van der Waals surface area contributed by atoms with Gasteiger partial charge in [-0.2, -0.15) is 0 Å². The van der Waals surface area contributed by atoms with Crippen LogP contribution in [0.1, 0.15) is 53.6 Å². The molecule has 0 bridgehead atoms. The van der Waals surface area contributed by atoms with E-state index in [1.165, 1.54) is 17.0 Å². The van der Waals surface area contributed by atoms with E-state index in [0.29, 0.717) is 11.1 Å². The molecule has 39 heavy (non-hydrogen) atoms. The Morgan fingerprint density at radius 3 is 2.41 bits per heavy atom. The number of aromatic hydroxyl groups is 1. The minimum absolute atomic E-state index is 0.0324. The Balaban J connectivity index is 1.61. The van der Waals surface area contributed by atoms with Gasteiger partial charge < -0.3 is 31.5 Å². The van der Waals surface area contributed by atoms with E-state index >= 15 is 0 Å². The summed E-state index contributed by atoms with van der Waals surface area (Å²) in [5, 5.41) is 47.8. The van der Waals surface area contributed by atoms with Crippen molar-refractivity contribution in [3.05, 3.63) is 45.7 Å². The second-order valence-corrected chi connectivity index (χ2v) is 11.2. The van der Waals surface area contributed by atoms with Crippen molar-refractivity contribution in [3.8, 4) is 5.75 Å². The van der Waals surface area contributed by atoms with Crippen molar-refractivity contribution in [2.24, 2.45) is 17.6 Å². The van der Waals surface area contributed by atoms with Crippen molar-refractivity contribution in [2.75, 3.05) is 20.6 Å². The third-order valence-corrected chi connectivity index (χ3v) is 8.81. The molecule has 0 spiro atoms. The number of benzene rings is 1. The van der Waals surface area contributed by atoms with Gasteiger partial charge in [0.05, 0.1) is 18.2 Å². The topological polar surface area (TPSA) is 190 Å². The minimum atomic E-state index is -2.70. The van der Waals surface area contributed by atoms with Crippen molar-refractivity contribution in [1.29, 1.82) is 0 Å². The molecule has 0 aliphatic heterocycles. The lowest BCUT2D eigenvalue weighted by Gasteiger charge is -2.50. The van der Waals surface area contributed by atoms with Crippen LogP contribution in [0.2, 0.25) is 0 Å². The van der Waals surface area contributed by atoms with Crippen LogP contribution >= 0.6 is 0 Å². The molecule has 2 saturated carbocycles. The van der Waals surface area contributed by atoms with Gasteiger partial charge in [-0.25, -0.2) is 0 Å². The van der Waals surface area contributed by atoms with E-state index in [1.807, 2.05) is 0 Å². The zero-order valence-electron chi connectivity index (χ0n) is 21.9. The first kappa shape index (κ1) is 27.0. The number of hydrogen-bond acceptors (Lipinski definition) is 10. The Hall–Kier alpha value is -3.54. The highest BCUT2D eigenvalue weighted by atomic mass is 16.3. The molecule has 4 atom stereocenters. The highest BCUT2D eigenvalue weighted by molar-refractivity contribution is 6.24. The lowest BCUT2D eigenvalue weighted by atomic mass is 9.57. The summed E-state index contributed by atoms with van der Waals surface area (Å²) < 4.78 is 0. The number of carbonyl (C=O) groups is 4. The molecule has 11 heteroatoms. The van der Waals surface area contributed by atoms with Gasteiger partial charge in [-0.3, -0.25) is 24.1 Å². The van der Waals surface area contributed by atoms with Crippen LogP contribution in [-0.4, -0.2) is 86.9 Å². The molecule has 11 nitrogen and oxygen atoms in total. The van der Waals surface area contributed by atoms with Crippen molar-refractivity contribution in [1.82, 2.24) is 10.2 Å². The van der Waals surface area contributed by atoms with E-state index in [2.05, 4.69) is 5.32 Å². The average molecular weight is 540 g/mol. The van der Waals surface area contributed by atoms with E-state index in [0.717, 1.165) is 25.7 Å². The highest BCUT2D eigenvalue weighted by Gasteiger charge is 2.64. The summed E-state index contributed by atoms with van der Waals surface area (Å²) in [5.41, 5.74) is 2.13. The Morgan fingerprint density at radius 2 is 1.79 bits per heavy atom. The molecule has 2 fully saturated rings. The lowest BCUT2D eigenvalue weighted by molar-refractivity contribution is -0.153. The molecule has 4 aliphatic carbocycles. The van der Waals surface area contributed by atoms with E-state index < -0.39 is 58.0 Å². The first-order valence-corrected chi connectivity index (χ1v) is 13.2. The van der Waals surface area contributed by atoms with Crippen LogP contribution in [0.15, 0.2) is 29.0 Å². The van der Waals surface area contributed by atoms with Gasteiger partial charge in [0.15, 0.2) is 17.2 Å². The molecule has 0 unspecified atom stereocenters. The fourth-order valence-corrected chi connectivity index (χ4v) is 6.97. The largest absolute Gasteiger partial charge is 0.508 e. The SMILES string of the molecule is CN(C)[C@@H]1C(=O)C(C(N)=O)=C(O)[C@@]2(O)C(=O)C3=C(O)c4c(O)ccc(C(=O)CNC5CCCC5)c4C[C@H]3C[C@@H]12. The molecule has 0 radical (unpaired) electrons. The number of phenols is 1. The third kappa shape index (κ3) is 3.98. The standard InChI is InChI=1S/C28H33N3O8/c1-31(2)22-16-10-12-9-15-14(18(33)11-30-13-5-3-4-6-13)7-8-17(32)20(15)23(34)19(12)25(36)28(16,39)26(37)21(24(22)35)27(29)38/h7-8,12-13,16,22,30,32,34,37,39H,3-6,9-11H2,1-2H3,(H2,29,38)/t12-,16-,22-,28-/m0/s1. The Morgan fingerprint density at radius 1 is 1.13 bits per heavy atom. The van der Waals surface area contributed by atoms with Gasteiger partial charge in [0.1, 0.15) is 22.8 Å². The minimum Gasteiger partial charge on any atom is -0.508 e. The molecule has 0 heterocycles. The molecule has 208 valence electrons. The smallest absolute Gasteiger partial charge is 0.255 e. The first-order chi connectivity index (χ1) is 18.4. The van der Waals surface area contributed by atoms with E-state index in [-0.39, 0.29) is 48.1 Å². The van der Waals surface area contributed by atoms with Gasteiger partial charge in [-0.05, 0) is 63.4 Å². The first-order valence-electron chi connectivity index (χ1n) is 13.2. The van der Waals surface area contributed by atoms with Gasteiger partial charge in [0.25, 0.3) is 5.91 Å². The number of nitrogens with one attached hydrogen (secondary N) is 1. The number of aliphatic hydroxyl groups excluding tert-OH is 2. The number of nitrogens with two attached hydrogens (primary N) is 1. The number of nitrogens with zero attached hydrogens (tertiary/aromatic N) is 1. The van der Waals surface area contributed by atoms with Crippen molar-refractivity contribution in [2.45, 2.75) is 56.2 Å². The number of rotatable bonds is 6. The van der Waals surface area contributed by atoms with Crippen LogP contribution in [0.4, 0.5) is 0 Å². The lowest BCUT2D eigenvalue weighted by Crippen LogP contribution is -2.65. The summed E-state index contributed by atoms with van der Waals surface area (Å²) >= 11 is 0. The van der Waals surface area contributed by atoms with E-state index in [4.69, 9.17) is 5.73 Å². The maximum Gasteiger partial charge on any atom is 0.255 e. The molecular formula is C28H33N3O8. The third-order valence-electron chi connectivity index (χ3n) is 8.81. The summed E-state index contributed by atoms with van der Waals surface area (Å²) in [7, 11) is 3.08. The molecule has 7 N–H and O–H groups in total. The number of amides is 1. The van der Waals surface area contributed by atoms with Crippen LogP contribution in [-0.2, 0) is 20.8 Å². The van der Waals surface area contributed by atoms with Crippen LogP contribution in [0.5, 0.6) is 5.75 Å². The number of aliphatic hydroxyl groups is 3. The highest BCUT2D eigenvalue weighted by Crippen LogP contribution is 2.52. The predicted octanol–water partition coefficient (Wildman–Crippen LogP) is 0.679. The molecule has 0 aromatic heterocycles. The predicted molar refractivity (Wildman–Crippen MR) is 139 cm³/mol. The number of Topliss-reactive ketones (excluding diaryl/α,β-unsaturated/α-hetero) is 3. The summed E-state index contributed by atoms with van der Waals surface area (Å²) in [6.07, 6.45) is 4.24. The van der Waals surface area contributed by atoms with Gasteiger partial charge in [-0.1, -0.05) is 12.8 Å². The average Bonchev–Trinajstić information content (AvgIpc) is 3.38. The fourth-order valence-electron chi connectivity index (χ4n) is 6.97. The van der Waals surface area contributed by atoms with Gasteiger partial charge in [0, 0.05) is 23.1 Å². The molecule has 1 amide bonds. The van der Waals surface area contributed by atoms with Gasteiger partial charge in [0.2, 0.25) is 5.78 Å². The summed E-state index contributed by atoms with van der Waals surface area (Å²) in [4.78, 5) is 53.8. The molecule has 5 rings (SSSR count). The maximum atomic E-state index is 13.9. The van der Waals surface area contributed by atoms with Gasteiger partial charge in [-0.15, -0.1) is 0 Å². The van der Waals surface area contributed by atoms with E-state index in [1.54, 1.807) is 14.1 Å². The number of carbonyl (C=O) groups excluding carboxylic acids is 4. The van der Waals surface area contributed by atoms with Crippen molar-refractivity contribution >= 4 is 29.0 Å². The molecule has 1 aromatic rings. The summed E-state index contributed by atoms with van der Waals surface area (Å²) in [5.74, 6) is -7.40. The number of phenolic OH excluding ortho intramolecular Hbond substituents is 1. The molecule has 1 aromatic carbocycles. The van der Waals surface area contributed by atoms with Crippen LogP contribution in [0.25, 0.3) is 5.76 Å². The van der Waals surface area contributed by atoms with E-state index in [9.17, 15) is 39.6 Å². The fraction of sp³-hybridized carbons (Fsp3) is 0.500. The van der Waals surface area contributed by atoms with Gasteiger partial charge >= 0.3 is 0 Å². The normalized spacial score (nSPS) is 29.0. The number of primary amides is 1. The number of hydrogen-bond donors (Lipinski definition) is 6. The monoisotopic (exact) mass is 539 g/mol.